The highest BCUT2D eigenvalue weighted by Crippen LogP contribution is 2.24. The van der Waals surface area contributed by atoms with E-state index in [9.17, 15) is 14.9 Å². The fourth-order valence-electron chi connectivity index (χ4n) is 2.80. The molecule has 0 fully saturated rings. The number of H-pyrrole nitrogens is 1. The van der Waals surface area contributed by atoms with Gasteiger partial charge in [-0.2, -0.15) is 0 Å². The van der Waals surface area contributed by atoms with Crippen LogP contribution in [0.1, 0.15) is 10.4 Å². The summed E-state index contributed by atoms with van der Waals surface area (Å²) in [6, 6.07) is 18.1. The van der Waals surface area contributed by atoms with Crippen LogP contribution in [0.2, 0.25) is 0 Å². The number of nitrogens with zero attached hydrogens (tertiary/aromatic N) is 2. The van der Waals surface area contributed by atoms with Crippen molar-refractivity contribution in [2.24, 2.45) is 0 Å². The highest BCUT2D eigenvalue weighted by atomic mass is 16.6. The van der Waals surface area contributed by atoms with Crippen LogP contribution in [-0.2, 0) is 0 Å². The fraction of sp³-hybridized carbons (Fsp3) is 0. The molecule has 4 rings (SSSR count). The number of non-ortho nitro benzene ring substituents is 1. The van der Waals surface area contributed by atoms with Crippen molar-refractivity contribution < 1.29 is 9.72 Å². The number of nitro groups is 1. The third kappa shape index (κ3) is 3.38. The summed E-state index contributed by atoms with van der Waals surface area (Å²) in [5.74, 6) is 0.319. The first-order chi connectivity index (χ1) is 13.5. The van der Waals surface area contributed by atoms with Gasteiger partial charge in [0.2, 0.25) is 0 Å². The Morgan fingerprint density at radius 1 is 1.04 bits per heavy atom. The van der Waals surface area contributed by atoms with Gasteiger partial charge in [0.25, 0.3) is 11.6 Å². The van der Waals surface area contributed by atoms with E-state index >= 15 is 0 Å². The number of aromatic amines is 1. The van der Waals surface area contributed by atoms with E-state index in [1.807, 2.05) is 0 Å². The van der Waals surface area contributed by atoms with Crippen molar-refractivity contribution in [2.45, 2.75) is 0 Å². The van der Waals surface area contributed by atoms with E-state index in [4.69, 9.17) is 5.73 Å². The van der Waals surface area contributed by atoms with Gasteiger partial charge in [-0.25, -0.2) is 4.98 Å². The number of aromatic nitrogens is 2. The molecule has 0 bridgehead atoms. The zero-order valence-electron chi connectivity index (χ0n) is 14.5. The number of rotatable bonds is 4. The summed E-state index contributed by atoms with van der Waals surface area (Å²) in [4.78, 5) is 30.4. The Morgan fingerprint density at radius 2 is 1.75 bits per heavy atom. The van der Waals surface area contributed by atoms with Crippen LogP contribution in [0.4, 0.5) is 17.1 Å². The Morgan fingerprint density at radius 3 is 2.43 bits per heavy atom. The zero-order chi connectivity index (χ0) is 19.7. The molecule has 0 aliphatic rings. The van der Waals surface area contributed by atoms with Gasteiger partial charge in [0.1, 0.15) is 5.82 Å². The summed E-state index contributed by atoms with van der Waals surface area (Å²) in [6.45, 7) is 0. The van der Waals surface area contributed by atoms with E-state index in [2.05, 4.69) is 15.3 Å². The number of hydrogen-bond donors (Lipinski definition) is 3. The number of nitrogens with one attached hydrogen (secondary N) is 2. The number of anilines is 2. The summed E-state index contributed by atoms with van der Waals surface area (Å²) in [7, 11) is 0. The molecule has 4 aromatic rings. The number of imidazole rings is 1. The summed E-state index contributed by atoms with van der Waals surface area (Å²) < 4.78 is 0. The zero-order valence-corrected chi connectivity index (χ0v) is 14.5. The van der Waals surface area contributed by atoms with Crippen LogP contribution in [0, 0.1) is 10.1 Å². The number of fused-ring (bicyclic) bond motifs is 1. The molecule has 0 radical (unpaired) electrons. The number of nitrogens with two attached hydrogens (primary N) is 1. The number of nitro benzene ring substituents is 1. The normalized spacial score (nSPS) is 10.7. The Hall–Kier alpha value is -4.20. The maximum Gasteiger partial charge on any atom is 0.269 e. The van der Waals surface area contributed by atoms with Crippen molar-refractivity contribution in [1.29, 1.82) is 0 Å². The number of carbonyl (C=O) groups is 1. The Kier molecular flexibility index (Phi) is 4.21. The van der Waals surface area contributed by atoms with Crippen molar-refractivity contribution >= 4 is 34.0 Å². The number of amides is 1. The van der Waals surface area contributed by atoms with Crippen molar-refractivity contribution in [2.75, 3.05) is 11.1 Å². The van der Waals surface area contributed by atoms with E-state index in [0.717, 1.165) is 5.56 Å². The van der Waals surface area contributed by atoms with Crippen LogP contribution in [-0.4, -0.2) is 20.8 Å². The molecule has 3 aromatic carbocycles. The fourth-order valence-corrected chi connectivity index (χ4v) is 2.80. The molecule has 0 aliphatic carbocycles. The van der Waals surface area contributed by atoms with Gasteiger partial charge in [-0.1, -0.05) is 0 Å². The van der Waals surface area contributed by atoms with E-state index < -0.39 is 4.92 Å². The first-order valence-corrected chi connectivity index (χ1v) is 8.41. The Labute approximate surface area is 159 Å². The number of hydrogen-bond acceptors (Lipinski definition) is 5. The second-order valence-electron chi connectivity index (χ2n) is 6.20. The van der Waals surface area contributed by atoms with Crippen LogP contribution >= 0.6 is 0 Å². The topological polar surface area (TPSA) is 127 Å². The van der Waals surface area contributed by atoms with Gasteiger partial charge in [-0.15, -0.1) is 0 Å². The molecule has 1 amide bonds. The van der Waals surface area contributed by atoms with Crippen molar-refractivity contribution in [1.82, 2.24) is 9.97 Å². The molecule has 0 unspecified atom stereocenters. The lowest BCUT2D eigenvalue weighted by molar-refractivity contribution is -0.384. The number of carbonyl (C=O) groups excluding carboxylic acids is 1. The summed E-state index contributed by atoms with van der Waals surface area (Å²) in [6.07, 6.45) is 0. The maximum atomic E-state index is 12.5. The van der Waals surface area contributed by atoms with Gasteiger partial charge < -0.3 is 16.0 Å². The van der Waals surface area contributed by atoms with E-state index in [0.29, 0.717) is 33.8 Å². The SMILES string of the molecule is Nc1ccc(NC(=O)c2ccc3nc(-c4ccc([N+](=O)[O-])cc4)[nH]c3c2)cc1. The first-order valence-electron chi connectivity index (χ1n) is 8.41. The number of benzene rings is 3. The molecule has 0 aliphatic heterocycles. The van der Waals surface area contributed by atoms with Crippen LogP contribution < -0.4 is 11.1 Å². The van der Waals surface area contributed by atoms with E-state index in [-0.39, 0.29) is 11.6 Å². The largest absolute Gasteiger partial charge is 0.399 e. The van der Waals surface area contributed by atoms with Gasteiger partial charge in [0, 0.05) is 34.6 Å². The molecule has 0 atom stereocenters. The Bertz CT molecular complexity index is 1180. The average molecular weight is 373 g/mol. The molecule has 0 saturated carbocycles. The first kappa shape index (κ1) is 17.2. The molecule has 138 valence electrons. The molecule has 0 saturated heterocycles. The third-order valence-corrected chi connectivity index (χ3v) is 4.26. The second kappa shape index (κ2) is 6.84. The van der Waals surface area contributed by atoms with Crippen LogP contribution in [0.5, 0.6) is 0 Å². The standard InChI is InChI=1S/C20H15N5O3/c21-14-4-6-15(7-5-14)22-20(26)13-3-10-17-18(11-13)24-19(23-17)12-1-8-16(9-2-12)25(27)28/h1-11H,21H2,(H,22,26)(H,23,24). The second-order valence-corrected chi connectivity index (χ2v) is 6.20. The lowest BCUT2D eigenvalue weighted by atomic mass is 10.2. The minimum Gasteiger partial charge on any atom is -0.399 e. The van der Waals surface area contributed by atoms with Crippen molar-refractivity contribution in [3.8, 4) is 11.4 Å². The smallest absolute Gasteiger partial charge is 0.269 e. The maximum absolute atomic E-state index is 12.5. The molecule has 8 nitrogen and oxygen atoms in total. The molecule has 1 heterocycles. The molecular weight excluding hydrogens is 358 g/mol. The number of nitrogen functional groups attached to an aromatic ring is 1. The molecule has 4 N–H and O–H groups in total. The van der Waals surface area contributed by atoms with E-state index in [1.54, 1.807) is 54.6 Å². The summed E-state index contributed by atoms with van der Waals surface area (Å²) in [5, 5.41) is 13.6. The van der Waals surface area contributed by atoms with Crippen LogP contribution in [0.25, 0.3) is 22.4 Å². The van der Waals surface area contributed by atoms with Gasteiger partial charge in [0.15, 0.2) is 0 Å². The van der Waals surface area contributed by atoms with Crippen molar-refractivity contribution in [3.63, 3.8) is 0 Å². The Balaban J connectivity index is 1.59. The minimum absolute atomic E-state index is 0.0153. The summed E-state index contributed by atoms with van der Waals surface area (Å²) >= 11 is 0. The van der Waals surface area contributed by atoms with Crippen LogP contribution in [0.15, 0.2) is 66.7 Å². The van der Waals surface area contributed by atoms with Gasteiger partial charge in [-0.05, 0) is 54.6 Å². The van der Waals surface area contributed by atoms with Gasteiger partial charge in [0.05, 0.1) is 16.0 Å². The van der Waals surface area contributed by atoms with Gasteiger partial charge >= 0.3 is 0 Å². The monoisotopic (exact) mass is 373 g/mol. The quantitative estimate of drug-likeness (QED) is 0.283. The molecule has 1 aromatic heterocycles. The van der Waals surface area contributed by atoms with Crippen molar-refractivity contribution in [3.05, 3.63) is 82.4 Å². The van der Waals surface area contributed by atoms with Gasteiger partial charge in [-0.3, -0.25) is 14.9 Å². The minimum atomic E-state index is -0.450. The highest BCUT2D eigenvalue weighted by molar-refractivity contribution is 6.06. The third-order valence-electron chi connectivity index (χ3n) is 4.26. The molecule has 8 heteroatoms. The molecular formula is C20H15N5O3. The summed E-state index contributed by atoms with van der Waals surface area (Å²) in [5.41, 5.74) is 9.51. The highest BCUT2D eigenvalue weighted by Gasteiger charge is 2.12. The predicted octanol–water partition coefficient (Wildman–Crippen LogP) is 3.97. The molecule has 28 heavy (non-hydrogen) atoms. The predicted molar refractivity (Wildman–Crippen MR) is 107 cm³/mol. The lowest BCUT2D eigenvalue weighted by Crippen LogP contribution is -2.11. The molecule has 0 spiro atoms. The van der Waals surface area contributed by atoms with E-state index in [1.165, 1.54) is 12.1 Å². The average Bonchev–Trinajstić information content (AvgIpc) is 3.13. The lowest BCUT2D eigenvalue weighted by Gasteiger charge is -2.05. The van der Waals surface area contributed by atoms with Crippen LogP contribution in [0.3, 0.4) is 0 Å².